The molecule has 1 saturated carbocycles. The first-order chi connectivity index (χ1) is 10.3. The minimum absolute atomic E-state index is 0.229. The predicted octanol–water partition coefficient (Wildman–Crippen LogP) is 4.28. The summed E-state index contributed by atoms with van der Waals surface area (Å²) < 4.78 is 5.07. The number of rotatable bonds is 4. The first kappa shape index (κ1) is 13.7. The van der Waals surface area contributed by atoms with Crippen molar-refractivity contribution in [3.05, 3.63) is 48.4 Å². The largest absolute Gasteiger partial charge is 0.459 e. The summed E-state index contributed by atoms with van der Waals surface area (Å²) in [5.41, 5.74) is 1.88. The highest BCUT2D eigenvalue weighted by Gasteiger charge is 2.13. The molecule has 2 N–H and O–H groups in total. The third kappa shape index (κ3) is 3.66. The van der Waals surface area contributed by atoms with E-state index in [0.717, 1.165) is 11.4 Å². The Kier molecular flexibility index (Phi) is 4.24. The van der Waals surface area contributed by atoms with Gasteiger partial charge in [-0.1, -0.05) is 19.3 Å². The fraction of sp³-hybridized carbons (Fsp3) is 0.353. The van der Waals surface area contributed by atoms with Crippen molar-refractivity contribution in [2.75, 3.05) is 10.6 Å². The average Bonchev–Trinajstić information content (AvgIpc) is 3.05. The van der Waals surface area contributed by atoms with Crippen LogP contribution in [0.3, 0.4) is 0 Å². The second kappa shape index (κ2) is 6.48. The molecule has 0 radical (unpaired) electrons. The molecule has 1 amide bonds. The number of amides is 1. The summed E-state index contributed by atoms with van der Waals surface area (Å²) in [4.78, 5) is 11.9. The van der Waals surface area contributed by atoms with Gasteiger partial charge < -0.3 is 15.1 Å². The van der Waals surface area contributed by atoms with Crippen LogP contribution >= 0.6 is 0 Å². The number of anilines is 2. The molecule has 110 valence electrons. The molecular weight excluding hydrogens is 264 g/mol. The molecule has 0 saturated heterocycles. The van der Waals surface area contributed by atoms with Gasteiger partial charge in [0.2, 0.25) is 0 Å². The summed E-state index contributed by atoms with van der Waals surface area (Å²) in [6.45, 7) is 0. The number of furan rings is 1. The lowest BCUT2D eigenvalue weighted by Crippen LogP contribution is -2.22. The van der Waals surface area contributed by atoms with Crippen LogP contribution in [0.4, 0.5) is 11.4 Å². The summed E-state index contributed by atoms with van der Waals surface area (Å²) in [5.74, 6) is 0.0902. The van der Waals surface area contributed by atoms with Gasteiger partial charge in [0.15, 0.2) is 5.76 Å². The van der Waals surface area contributed by atoms with E-state index in [9.17, 15) is 4.79 Å². The van der Waals surface area contributed by atoms with E-state index in [1.165, 1.54) is 38.4 Å². The van der Waals surface area contributed by atoms with Crippen molar-refractivity contribution in [1.29, 1.82) is 0 Å². The number of carbonyl (C=O) groups is 1. The smallest absolute Gasteiger partial charge is 0.291 e. The summed E-state index contributed by atoms with van der Waals surface area (Å²) in [5, 5.41) is 6.37. The quantitative estimate of drug-likeness (QED) is 0.881. The lowest BCUT2D eigenvalue weighted by Gasteiger charge is -2.23. The first-order valence-corrected chi connectivity index (χ1v) is 7.53. The van der Waals surface area contributed by atoms with E-state index in [1.54, 1.807) is 12.1 Å². The Labute approximate surface area is 124 Å². The Morgan fingerprint density at radius 3 is 2.38 bits per heavy atom. The second-order valence-electron chi connectivity index (χ2n) is 5.49. The molecule has 4 nitrogen and oxygen atoms in total. The van der Waals surface area contributed by atoms with E-state index < -0.39 is 0 Å². The van der Waals surface area contributed by atoms with Crippen LogP contribution in [0.5, 0.6) is 0 Å². The van der Waals surface area contributed by atoms with Crippen LogP contribution < -0.4 is 10.6 Å². The highest BCUT2D eigenvalue weighted by molar-refractivity contribution is 6.02. The normalized spacial score (nSPS) is 15.6. The lowest BCUT2D eigenvalue weighted by atomic mass is 9.95. The Hall–Kier alpha value is -2.23. The number of carbonyl (C=O) groups excluding carboxylic acids is 1. The molecule has 0 aliphatic heterocycles. The molecule has 21 heavy (non-hydrogen) atoms. The molecular formula is C17H20N2O2. The Bertz CT molecular complexity index is 569. The van der Waals surface area contributed by atoms with Crippen molar-refractivity contribution in [2.24, 2.45) is 0 Å². The number of hydrogen-bond acceptors (Lipinski definition) is 3. The SMILES string of the molecule is O=C(Nc1ccc(NC2CCCCC2)cc1)c1ccco1. The monoisotopic (exact) mass is 284 g/mol. The van der Waals surface area contributed by atoms with Gasteiger partial charge in [0.1, 0.15) is 0 Å². The van der Waals surface area contributed by atoms with Crippen LogP contribution in [-0.2, 0) is 0 Å². The van der Waals surface area contributed by atoms with Crippen molar-refractivity contribution in [3.8, 4) is 0 Å². The van der Waals surface area contributed by atoms with Crippen LogP contribution in [0.15, 0.2) is 47.1 Å². The van der Waals surface area contributed by atoms with Crippen LogP contribution in [0, 0.1) is 0 Å². The number of hydrogen-bond donors (Lipinski definition) is 2. The zero-order valence-electron chi connectivity index (χ0n) is 12.0. The van der Waals surface area contributed by atoms with E-state index in [2.05, 4.69) is 10.6 Å². The van der Waals surface area contributed by atoms with Gasteiger partial charge in [-0.3, -0.25) is 4.79 Å². The van der Waals surface area contributed by atoms with Gasteiger partial charge in [0.25, 0.3) is 5.91 Å². The highest BCUT2D eigenvalue weighted by Crippen LogP contribution is 2.22. The lowest BCUT2D eigenvalue weighted by molar-refractivity contribution is 0.0996. The van der Waals surface area contributed by atoms with Gasteiger partial charge in [0.05, 0.1) is 6.26 Å². The summed E-state index contributed by atoms with van der Waals surface area (Å²) in [7, 11) is 0. The zero-order valence-corrected chi connectivity index (χ0v) is 12.0. The molecule has 1 fully saturated rings. The average molecular weight is 284 g/mol. The molecule has 0 spiro atoms. The maximum absolute atomic E-state index is 11.9. The summed E-state index contributed by atoms with van der Waals surface area (Å²) in [6, 6.07) is 11.8. The minimum atomic E-state index is -0.229. The van der Waals surface area contributed by atoms with E-state index in [1.807, 2.05) is 24.3 Å². The Morgan fingerprint density at radius 2 is 1.71 bits per heavy atom. The van der Waals surface area contributed by atoms with Crippen LogP contribution in [-0.4, -0.2) is 11.9 Å². The Balaban J connectivity index is 1.57. The van der Waals surface area contributed by atoms with Gasteiger partial charge in [-0.25, -0.2) is 0 Å². The standard InChI is InChI=1S/C17H20N2O2/c20-17(16-7-4-12-21-16)19-15-10-8-14(9-11-15)18-13-5-2-1-3-6-13/h4,7-13,18H,1-3,5-6H2,(H,19,20). The fourth-order valence-electron chi connectivity index (χ4n) is 2.73. The second-order valence-corrected chi connectivity index (χ2v) is 5.49. The molecule has 0 bridgehead atoms. The Morgan fingerprint density at radius 1 is 1.00 bits per heavy atom. The molecule has 1 aromatic carbocycles. The maximum Gasteiger partial charge on any atom is 0.291 e. The van der Waals surface area contributed by atoms with E-state index in [-0.39, 0.29) is 5.91 Å². The van der Waals surface area contributed by atoms with Crippen LogP contribution in [0.25, 0.3) is 0 Å². The van der Waals surface area contributed by atoms with Crippen molar-refractivity contribution < 1.29 is 9.21 Å². The molecule has 0 unspecified atom stereocenters. The molecule has 1 heterocycles. The van der Waals surface area contributed by atoms with Crippen LogP contribution in [0.1, 0.15) is 42.7 Å². The zero-order chi connectivity index (χ0) is 14.5. The van der Waals surface area contributed by atoms with Gasteiger partial charge in [-0.15, -0.1) is 0 Å². The van der Waals surface area contributed by atoms with Gasteiger partial charge in [-0.05, 0) is 49.2 Å². The van der Waals surface area contributed by atoms with Crippen molar-refractivity contribution >= 4 is 17.3 Å². The van der Waals surface area contributed by atoms with E-state index in [0.29, 0.717) is 11.8 Å². The van der Waals surface area contributed by atoms with E-state index >= 15 is 0 Å². The molecule has 1 aliphatic rings. The molecule has 0 atom stereocenters. The maximum atomic E-state index is 11.9. The number of nitrogens with one attached hydrogen (secondary N) is 2. The van der Waals surface area contributed by atoms with Gasteiger partial charge in [-0.2, -0.15) is 0 Å². The van der Waals surface area contributed by atoms with Crippen molar-refractivity contribution in [1.82, 2.24) is 0 Å². The van der Waals surface area contributed by atoms with Gasteiger partial charge in [0, 0.05) is 17.4 Å². The van der Waals surface area contributed by atoms with Crippen molar-refractivity contribution in [3.63, 3.8) is 0 Å². The van der Waals surface area contributed by atoms with Gasteiger partial charge >= 0.3 is 0 Å². The molecule has 1 aromatic heterocycles. The summed E-state index contributed by atoms with van der Waals surface area (Å²) >= 11 is 0. The minimum Gasteiger partial charge on any atom is -0.459 e. The third-order valence-corrected chi connectivity index (χ3v) is 3.86. The molecule has 1 aliphatic carbocycles. The highest BCUT2D eigenvalue weighted by atomic mass is 16.3. The topological polar surface area (TPSA) is 54.3 Å². The number of benzene rings is 1. The predicted molar refractivity (Wildman–Crippen MR) is 83.6 cm³/mol. The molecule has 3 rings (SSSR count). The molecule has 2 aromatic rings. The first-order valence-electron chi connectivity index (χ1n) is 7.53. The summed E-state index contributed by atoms with van der Waals surface area (Å²) in [6.07, 6.45) is 7.97. The fourth-order valence-corrected chi connectivity index (χ4v) is 2.73. The van der Waals surface area contributed by atoms with Crippen LogP contribution in [0.2, 0.25) is 0 Å². The molecule has 4 heteroatoms. The van der Waals surface area contributed by atoms with Crippen molar-refractivity contribution in [2.45, 2.75) is 38.1 Å². The van der Waals surface area contributed by atoms with E-state index in [4.69, 9.17) is 4.42 Å². The third-order valence-electron chi connectivity index (χ3n) is 3.86.